The van der Waals surface area contributed by atoms with Gasteiger partial charge in [-0.15, -0.1) is 0 Å². The third kappa shape index (κ3) is 2.99. The van der Waals surface area contributed by atoms with Crippen molar-refractivity contribution in [2.24, 2.45) is 5.92 Å². The zero-order valence-electron chi connectivity index (χ0n) is 11.9. The first-order valence-corrected chi connectivity index (χ1v) is 8.96. The lowest BCUT2D eigenvalue weighted by molar-refractivity contribution is 0.495. The Labute approximate surface area is 121 Å². The molecule has 1 aromatic carbocycles. The van der Waals surface area contributed by atoms with E-state index in [1.807, 2.05) is 19.1 Å². The molecule has 0 spiro atoms. The molecule has 4 nitrogen and oxygen atoms in total. The van der Waals surface area contributed by atoms with Crippen LogP contribution in [0.25, 0.3) is 0 Å². The Balaban J connectivity index is 1.76. The standard InChI is InChI=1S/C15H22N2O2S/c1-2-13(9-11-3-4-11)17-20(18,19)14-5-6-15-12(10-14)7-8-16-15/h5-6,10-11,13,16-17H,2-4,7-9H2,1H3. The third-order valence-corrected chi connectivity index (χ3v) is 5.74. The van der Waals surface area contributed by atoms with Crippen LogP contribution in [0.3, 0.4) is 0 Å². The van der Waals surface area contributed by atoms with Gasteiger partial charge in [0, 0.05) is 18.3 Å². The zero-order chi connectivity index (χ0) is 14.2. The Morgan fingerprint density at radius 2 is 2.20 bits per heavy atom. The summed E-state index contributed by atoms with van der Waals surface area (Å²) in [7, 11) is -3.39. The van der Waals surface area contributed by atoms with Crippen LogP contribution in [0.2, 0.25) is 0 Å². The molecule has 3 rings (SSSR count). The highest BCUT2D eigenvalue weighted by molar-refractivity contribution is 7.89. The summed E-state index contributed by atoms with van der Waals surface area (Å²) in [5.41, 5.74) is 2.16. The summed E-state index contributed by atoms with van der Waals surface area (Å²) >= 11 is 0. The number of fused-ring (bicyclic) bond motifs is 1. The van der Waals surface area contributed by atoms with Crippen LogP contribution in [0.15, 0.2) is 23.1 Å². The molecule has 5 heteroatoms. The molecule has 20 heavy (non-hydrogen) atoms. The van der Waals surface area contributed by atoms with Gasteiger partial charge in [0.05, 0.1) is 4.90 Å². The molecule has 0 amide bonds. The van der Waals surface area contributed by atoms with Crippen molar-refractivity contribution < 1.29 is 8.42 Å². The minimum atomic E-state index is -3.39. The average molecular weight is 294 g/mol. The van der Waals surface area contributed by atoms with Gasteiger partial charge in [0.1, 0.15) is 0 Å². The zero-order valence-corrected chi connectivity index (χ0v) is 12.7. The van der Waals surface area contributed by atoms with Gasteiger partial charge < -0.3 is 5.32 Å². The SMILES string of the molecule is CCC(CC1CC1)NS(=O)(=O)c1ccc2c(c1)CCN2. The Kier molecular flexibility index (Phi) is 3.73. The highest BCUT2D eigenvalue weighted by Gasteiger charge is 2.28. The van der Waals surface area contributed by atoms with Crippen molar-refractivity contribution in [1.82, 2.24) is 4.72 Å². The molecular formula is C15H22N2O2S. The van der Waals surface area contributed by atoms with E-state index in [1.54, 1.807) is 6.07 Å². The normalized spacial score (nSPS) is 19.4. The quantitative estimate of drug-likeness (QED) is 0.847. The molecule has 1 fully saturated rings. The average Bonchev–Trinajstić information content (AvgIpc) is 3.11. The third-order valence-electron chi connectivity index (χ3n) is 4.23. The molecule has 1 aliphatic heterocycles. The fraction of sp³-hybridized carbons (Fsp3) is 0.600. The lowest BCUT2D eigenvalue weighted by Crippen LogP contribution is -2.34. The second-order valence-corrected chi connectivity index (χ2v) is 7.62. The van der Waals surface area contributed by atoms with Gasteiger partial charge in [-0.25, -0.2) is 13.1 Å². The van der Waals surface area contributed by atoms with Crippen molar-refractivity contribution >= 4 is 15.7 Å². The van der Waals surface area contributed by atoms with Crippen LogP contribution in [-0.4, -0.2) is 21.0 Å². The maximum Gasteiger partial charge on any atom is 0.240 e. The molecule has 1 aliphatic carbocycles. The highest BCUT2D eigenvalue weighted by Crippen LogP contribution is 2.34. The molecule has 0 bridgehead atoms. The summed E-state index contributed by atoms with van der Waals surface area (Å²) in [5.74, 6) is 0.729. The van der Waals surface area contributed by atoms with Gasteiger partial charge in [-0.05, 0) is 48.9 Å². The first-order chi connectivity index (χ1) is 9.58. The molecular weight excluding hydrogens is 272 g/mol. The minimum absolute atomic E-state index is 0.0684. The smallest absolute Gasteiger partial charge is 0.240 e. The van der Waals surface area contributed by atoms with E-state index in [9.17, 15) is 8.42 Å². The first kappa shape index (κ1) is 13.9. The largest absolute Gasteiger partial charge is 0.384 e. The molecule has 1 atom stereocenters. The number of rotatable bonds is 6. The topological polar surface area (TPSA) is 58.2 Å². The number of hydrogen-bond acceptors (Lipinski definition) is 3. The molecule has 0 saturated heterocycles. The number of nitrogens with one attached hydrogen (secondary N) is 2. The van der Waals surface area contributed by atoms with Crippen molar-refractivity contribution in [3.63, 3.8) is 0 Å². The van der Waals surface area contributed by atoms with E-state index < -0.39 is 10.0 Å². The fourth-order valence-corrected chi connectivity index (χ4v) is 4.17. The lowest BCUT2D eigenvalue weighted by Gasteiger charge is -2.17. The van der Waals surface area contributed by atoms with E-state index in [-0.39, 0.29) is 6.04 Å². The van der Waals surface area contributed by atoms with Crippen LogP contribution in [0.5, 0.6) is 0 Å². The predicted molar refractivity (Wildman–Crippen MR) is 80.4 cm³/mol. The van der Waals surface area contributed by atoms with E-state index >= 15 is 0 Å². The maximum absolute atomic E-state index is 12.5. The summed E-state index contributed by atoms with van der Waals surface area (Å²) < 4.78 is 27.8. The predicted octanol–water partition coefficient (Wildman–Crippen LogP) is 2.51. The van der Waals surface area contributed by atoms with Gasteiger partial charge >= 0.3 is 0 Å². The highest BCUT2D eigenvalue weighted by atomic mass is 32.2. The van der Waals surface area contributed by atoms with Crippen molar-refractivity contribution in [2.45, 2.75) is 50.0 Å². The van der Waals surface area contributed by atoms with Gasteiger partial charge in [-0.1, -0.05) is 19.8 Å². The van der Waals surface area contributed by atoms with Crippen LogP contribution in [0, 0.1) is 5.92 Å². The van der Waals surface area contributed by atoms with E-state index in [0.29, 0.717) is 4.90 Å². The van der Waals surface area contributed by atoms with E-state index in [0.717, 1.165) is 43.0 Å². The number of benzene rings is 1. The minimum Gasteiger partial charge on any atom is -0.384 e. The Morgan fingerprint density at radius 1 is 1.40 bits per heavy atom. The van der Waals surface area contributed by atoms with Crippen LogP contribution in [-0.2, 0) is 16.4 Å². The Morgan fingerprint density at radius 3 is 2.90 bits per heavy atom. The van der Waals surface area contributed by atoms with Crippen LogP contribution >= 0.6 is 0 Å². The molecule has 0 aromatic heterocycles. The van der Waals surface area contributed by atoms with Crippen molar-refractivity contribution in [3.05, 3.63) is 23.8 Å². The Hall–Kier alpha value is -1.07. The molecule has 2 N–H and O–H groups in total. The van der Waals surface area contributed by atoms with E-state index in [1.165, 1.54) is 12.8 Å². The van der Waals surface area contributed by atoms with Gasteiger partial charge in [-0.2, -0.15) is 0 Å². The van der Waals surface area contributed by atoms with Gasteiger partial charge in [-0.3, -0.25) is 0 Å². The maximum atomic E-state index is 12.5. The molecule has 0 radical (unpaired) electrons. The Bertz CT molecular complexity index is 594. The van der Waals surface area contributed by atoms with Gasteiger partial charge in [0.2, 0.25) is 10.0 Å². The number of sulfonamides is 1. The number of hydrogen-bond donors (Lipinski definition) is 2. The van der Waals surface area contributed by atoms with E-state index in [2.05, 4.69) is 10.0 Å². The summed E-state index contributed by atoms with van der Waals surface area (Å²) in [4.78, 5) is 0.397. The number of anilines is 1. The summed E-state index contributed by atoms with van der Waals surface area (Å²) in [6, 6.07) is 5.45. The van der Waals surface area contributed by atoms with Gasteiger partial charge in [0.25, 0.3) is 0 Å². The molecule has 1 aromatic rings. The monoisotopic (exact) mass is 294 g/mol. The van der Waals surface area contributed by atoms with Crippen molar-refractivity contribution in [2.75, 3.05) is 11.9 Å². The fourth-order valence-electron chi connectivity index (χ4n) is 2.79. The van der Waals surface area contributed by atoms with Crippen molar-refractivity contribution in [1.29, 1.82) is 0 Å². The van der Waals surface area contributed by atoms with E-state index in [4.69, 9.17) is 0 Å². The van der Waals surface area contributed by atoms with Gasteiger partial charge in [0.15, 0.2) is 0 Å². The molecule has 1 unspecified atom stereocenters. The molecule has 1 heterocycles. The summed E-state index contributed by atoms with van der Waals surface area (Å²) in [6.07, 6.45) is 5.23. The first-order valence-electron chi connectivity index (χ1n) is 7.47. The molecule has 1 saturated carbocycles. The second-order valence-electron chi connectivity index (χ2n) is 5.90. The van der Waals surface area contributed by atoms with Crippen LogP contribution in [0.4, 0.5) is 5.69 Å². The molecule has 110 valence electrons. The van der Waals surface area contributed by atoms with Crippen LogP contribution in [0.1, 0.15) is 38.2 Å². The summed E-state index contributed by atoms with van der Waals surface area (Å²) in [5, 5.41) is 3.25. The summed E-state index contributed by atoms with van der Waals surface area (Å²) in [6.45, 7) is 2.94. The lowest BCUT2D eigenvalue weighted by atomic mass is 10.1. The van der Waals surface area contributed by atoms with Crippen molar-refractivity contribution in [3.8, 4) is 0 Å². The molecule has 2 aliphatic rings. The second kappa shape index (κ2) is 5.37. The van der Waals surface area contributed by atoms with Crippen LogP contribution < -0.4 is 10.0 Å².